The summed E-state index contributed by atoms with van der Waals surface area (Å²) >= 11 is 11.1. The summed E-state index contributed by atoms with van der Waals surface area (Å²) < 4.78 is 5.54. The molecule has 26 heavy (non-hydrogen) atoms. The van der Waals surface area contributed by atoms with Gasteiger partial charge in [-0.25, -0.2) is 0 Å². The lowest BCUT2D eigenvalue weighted by molar-refractivity contribution is 0.340. The second-order valence-corrected chi connectivity index (χ2v) is 6.71. The van der Waals surface area contributed by atoms with E-state index in [1.807, 2.05) is 68.4 Å². The number of hydrogen-bond donors (Lipinski definition) is 3. The van der Waals surface area contributed by atoms with Gasteiger partial charge in [0.25, 0.3) is 0 Å². The lowest BCUT2D eigenvalue weighted by Gasteiger charge is -2.31. The lowest BCUT2D eigenvalue weighted by Crippen LogP contribution is -2.45. The number of rotatable bonds is 5. The smallest absolute Gasteiger partial charge is 0.171 e. The number of thiocarbonyl (C=S) groups is 2. The molecule has 1 heterocycles. The average Bonchev–Trinajstić information content (AvgIpc) is 2.62. The maximum Gasteiger partial charge on any atom is 0.171 e. The number of para-hydroxylation sites is 1. The lowest BCUT2D eigenvalue weighted by atomic mass is 9.95. The molecule has 1 aliphatic rings. The minimum Gasteiger partial charge on any atom is -0.494 e. The molecule has 0 fully saturated rings. The fourth-order valence-electron chi connectivity index (χ4n) is 2.89. The summed E-state index contributed by atoms with van der Waals surface area (Å²) in [4.78, 5) is 0.662. The van der Waals surface area contributed by atoms with Crippen molar-refractivity contribution in [1.82, 2.24) is 10.6 Å². The Kier molecular flexibility index (Phi) is 5.85. The molecule has 1 aliphatic heterocycles. The Balaban J connectivity index is 1.90. The van der Waals surface area contributed by atoms with Crippen LogP contribution in [0.4, 0.5) is 5.69 Å². The monoisotopic (exact) mass is 383 g/mol. The minimum absolute atomic E-state index is 0.122. The molecule has 0 aromatic heterocycles. The van der Waals surface area contributed by atoms with Crippen LogP contribution in [0, 0.1) is 0 Å². The minimum atomic E-state index is -0.122. The van der Waals surface area contributed by atoms with E-state index in [1.165, 1.54) is 0 Å². The fraction of sp³-hybridized carbons (Fsp3) is 0.200. The van der Waals surface area contributed by atoms with Crippen molar-refractivity contribution in [2.75, 3.05) is 11.9 Å². The van der Waals surface area contributed by atoms with Gasteiger partial charge in [0.1, 0.15) is 10.7 Å². The Bertz CT molecular complexity index is 832. The maximum absolute atomic E-state index is 5.70. The molecule has 4 nitrogen and oxygen atoms in total. The molecule has 0 amide bonds. The largest absolute Gasteiger partial charge is 0.494 e. The zero-order valence-electron chi connectivity index (χ0n) is 14.7. The Morgan fingerprint density at radius 3 is 2.46 bits per heavy atom. The van der Waals surface area contributed by atoms with Crippen LogP contribution in [0.5, 0.6) is 5.75 Å². The molecule has 1 unspecified atom stereocenters. The summed E-state index contributed by atoms with van der Waals surface area (Å²) in [5.74, 6) is 0.847. The molecule has 6 heteroatoms. The van der Waals surface area contributed by atoms with Gasteiger partial charge in [0.15, 0.2) is 5.11 Å². The van der Waals surface area contributed by atoms with Crippen LogP contribution in [-0.4, -0.2) is 16.7 Å². The Morgan fingerprint density at radius 1 is 1.12 bits per heavy atom. The van der Waals surface area contributed by atoms with Gasteiger partial charge in [-0.3, -0.25) is 0 Å². The van der Waals surface area contributed by atoms with E-state index in [9.17, 15) is 0 Å². The second-order valence-electron chi connectivity index (χ2n) is 5.89. The highest BCUT2D eigenvalue weighted by molar-refractivity contribution is 7.81. The molecule has 2 aromatic rings. The summed E-state index contributed by atoms with van der Waals surface area (Å²) in [7, 11) is 0. The molecule has 1 atom stereocenters. The van der Waals surface area contributed by atoms with E-state index in [0.717, 1.165) is 28.3 Å². The van der Waals surface area contributed by atoms with Crippen molar-refractivity contribution in [3.8, 4) is 5.75 Å². The summed E-state index contributed by atoms with van der Waals surface area (Å²) in [6.45, 7) is 4.60. The van der Waals surface area contributed by atoms with E-state index in [2.05, 4.69) is 16.0 Å². The zero-order chi connectivity index (χ0) is 18.5. The normalized spacial score (nSPS) is 16.5. The van der Waals surface area contributed by atoms with E-state index in [4.69, 9.17) is 29.2 Å². The van der Waals surface area contributed by atoms with Crippen LogP contribution in [-0.2, 0) is 0 Å². The van der Waals surface area contributed by atoms with E-state index < -0.39 is 0 Å². The van der Waals surface area contributed by atoms with Gasteiger partial charge >= 0.3 is 0 Å². The quantitative estimate of drug-likeness (QED) is 0.669. The number of benzene rings is 2. The third-order valence-corrected chi connectivity index (χ3v) is 4.61. The molecule has 0 aliphatic carbocycles. The summed E-state index contributed by atoms with van der Waals surface area (Å²) in [6, 6.07) is 17.8. The van der Waals surface area contributed by atoms with Crippen molar-refractivity contribution in [2.24, 2.45) is 0 Å². The van der Waals surface area contributed by atoms with Gasteiger partial charge < -0.3 is 20.7 Å². The van der Waals surface area contributed by atoms with E-state index in [-0.39, 0.29) is 6.04 Å². The van der Waals surface area contributed by atoms with Gasteiger partial charge in [0.2, 0.25) is 0 Å². The SMILES string of the molecule is CCOc1ccc(C2NC(=S)NC(C)=C2C(=S)Nc2ccccc2)cc1. The first kappa shape index (κ1) is 18.4. The number of nitrogens with one attached hydrogen (secondary N) is 3. The van der Waals surface area contributed by atoms with Crippen LogP contribution >= 0.6 is 24.4 Å². The van der Waals surface area contributed by atoms with Gasteiger partial charge in [0.05, 0.1) is 12.6 Å². The van der Waals surface area contributed by atoms with Gasteiger partial charge in [-0.15, -0.1) is 0 Å². The second kappa shape index (κ2) is 8.29. The molecule has 0 saturated carbocycles. The van der Waals surface area contributed by atoms with Gasteiger partial charge in [-0.1, -0.05) is 42.5 Å². The average molecular weight is 384 g/mol. The molecular weight excluding hydrogens is 362 g/mol. The molecule has 3 N–H and O–H groups in total. The number of ether oxygens (including phenoxy) is 1. The standard InChI is InChI=1S/C20H21N3OS2/c1-3-24-16-11-9-14(10-12-16)18-17(13(2)21-20(26)23-18)19(25)22-15-7-5-4-6-8-15/h4-12,18H,3H2,1-2H3,(H,22,25)(H2,21,23,26). The first-order valence-electron chi connectivity index (χ1n) is 8.46. The molecule has 0 bridgehead atoms. The van der Waals surface area contributed by atoms with Crippen molar-refractivity contribution in [1.29, 1.82) is 0 Å². The molecule has 3 rings (SSSR count). The molecule has 0 spiro atoms. The van der Waals surface area contributed by atoms with Crippen LogP contribution in [0.3, 0.4) is 0 Å². The molecule has 0 radical (unpaired) electrons. The topological polar surface area (TPSA) is 45.3 Å². The molecule has 2 aromatic carbocycles. The first-order chi connectivity index (χ1) is 12.6. The van der Waals surface area contributed by atoms with E-state index in [0.29, 0.717) is 16.7 Å². The van der Waals surface area contributed by atoms with Crippen LogP contribution < -0.4 is 20.7 Å². The van der Waals surface area contributed by atoms with Crippen LogP contribution in [0.1, 0.15) is 25.5 Å². The van der Waals surface area contributed by atoms with Crippen molar-refractivity contribution in [3.63, 3.8) is 0 Å². The van der Waals surface area contributed by atoms with Gasteiger partial charge in [-0.05, 0) is 55.9 Å². The molecule has 0 saturated heterocycles. The Hall–Kier alpha value is -2.44. The predicted molar refractivity (Wildman–Crippen MR) is 115 cm³/mol. The van der Waals surface area contributed by atoms with Crippen molar-refractivity contribution in [2.45, 2.75) is 19.9 Å². The Morgan fingerprint density at radius 2 is 1.81 bits per heavy atom. The van der Waals surface area contributed by atoms with Crippen molar-refractivity contribution >= 4 is 40.2 Å². The fourth-order valence-corrected chi connectivity index (χ4v) is 3.55. The highest BCUT2D eigenvalue weighted by Gasteiger charge is 2.27. The van der Waals surface area contributed by atoms with E-state index >= 15 is 0 Å². The molecule has 134 valence electrons. The third-order valence-electron chi connectivity index (χ3n) is 4.07. The number of allylic oxidation sites excluding steroid dienone is 1. The summed E-state index contributed by atoms with van der Waals surface area (Å²) in [5.41, 5.74) is 3.95. The first-order valence-corrected chi connectivity index (χ1v) is 9.27. The van der Waals surface area contributed by atoms with E-state index in [1.54, 1.807) is 0 Å². The predicted octanol–water partition coefficient (Wildman–Crippen LogP) is 4.32. The highest BCUT2D eigenvalue weighted by Crippen LogP contribution is 2.29. The van der Waals surface area contributed by atoms with Crippen LogP contribution in [0.15, 0.2) is 65.9 Å². The third kappa shape index (κ3) is 4.20. The van der Waals surface area contributed by atoms with Crippen LogP contribution in [0.25, 0.3) is 0 Å². The number of anilines is 1. The summed E-state index contributed by atoms with van der Waals surface area (Å²) in [5, 5.41) is 10.4. The van der Waals surface area contributed by atoms with Gasteiger partial charge in [0, 0.05) is 17.0 Å². The maximum atomic E-state index is 5.70. The summed E-state index contributed by atoms with van der Waals surface area (Å²) in [6.07, 6.45) is 0. The van der Waals surface area contributed by atoms with Crippen LogP contribution in [0.2, 0.25) is 0 Å². The highest BCUT2D eigenvalue weighted by atomic mass is 32.1. The zero-order valence-corrected chi connectivity index (χ0v) is 16.3. The van der Waals surface area contributed by atoms with Crippen molar-refractivity contribution in [3.05, 3.63) is 71.4 Å². The number of hydrogen-bond acceptors (Lipinski definition) is 3. The van der Waals surface area contributed by atoms with Gasteiger partial charge in [-0.2, -0.15) is 0 Å². The van der Waals surface area contributed by atoms with Crippen molar-refractivity contribution < 1.29 is 4.74 Å². The molecular formula is C20H21N3OS2. The Labute approximate surface area is 164 Å².